The van der Waals surface area contributed by atoms with Crippen molar-refractivity contribution in [1.82, 2.24) is 29.0 Å². The van der Waals surface area contributed by atoms with Gasteiger partial charge < -0.3 is 9.88 Å². The molecule has 0 aliphatic carbocycles. The Morgan fingerprint density at radius 3 is 2.50 bits per heavy atom. The van der Waals surface area contributed by atoms with Gasteiger partial charge in [0.2, 0.25) is 10.0 Å². The van der Waals surface area contributed by atoms with Crippen molar-refractivity contribution in [1.29, 1.82) is 0 Å². The maximum absolute atomic E-state index is 12.8. The molecule has 0 saturated carbocycles. The van der Waals surface area contributed by atoms with E-state index in [9.17, 15) is 13.2 Å². The molecule has 0 bridgehead atoms. The first-order valence-electron chi connectivity index (χ1n) is 9.78. The fourth-order valence-corrected chi connectivity index (χ4v) is 5.18. The van der Waals surface area contributed by atoms with Crippen LogP contribution in [0.3, 0.4) is 0 Å². The molecule has 158 valence electrons. The maximum atomic E-state index is 12.8. The van der Waals surface area contributed by atoms with Crippen molar-refractivity contribution in [2.75, 3.05) is 13.1 Å². The van der Waals surface area contributed by atoms with Gasteiger partial charge >= 0.3 is 0 Å². The number of benzene rings is 1. The molecule has 4 rings (SSSR count). The second kappa shape index (κ2) is 8.04. The minimum atomic E-state index is -3.56. The predicted molar refractivity (Wildman–Crippen MR) is 111 cm³/mol. The van der Waals surface area contributed by atoms with Crippen molar-refractivity contribution in [3.05, 3.63) is 60.4 Å². The molecule has 1 aliphatic heterocycles. The topological polar surface area (TPSA) is 102 Å². The van der Waals surface area contributed by atoms with Crippen molar-refractivity contribution >= 4 is 15.9 Å². The third kappa shape index (κ3) is 3.88. The number of nitrogens with zero attached hydrogens (tertiary/aromatic N) is 5. The van der Waals surface area contributed by atoms with E-state index in [1.165, 1.54) is 22.9 Å². The molecule has 1 atom stereocenters. The van der Waals surface area contributed by atoms with Crippen molar-refractivity contribution in [3.63, 3.8) is 0 Å². The zero-order chi connectivity index (χ0) is 21.3. The predicted octanol–water partition coefficient (Wildman–Crippen LogP) is 1.88. The van der Waals surface area contributed by atoms with Crippen LogP contribution in [0.2, 0.25) is 0 Å². The lowest BCUT2D eigenvalue weighted by molar-refractivity contribution is 0.0931. The normalized spacial score (nSPS) is 15.9. The molecule has 1 amide bonds. The van der Waals surface area contributed by atoms with E-state index in [1.807, 2.05) is 31.2 Å². The van der Waals surface area contributed by atoms with Gasteiger partial charge in [-0.2, -0.15) is 9.40 Å². The molecule has 9 nitrogen and oxygen atoms in total. The Labute approximate surface area is 175 Å². The fraction of sp³-hybridized carbons (Fsp3) is 0.350. The van der Waals surface area contributed by atoms with E-state index in [1.54, 1.807) is 22.6 Å². The summed E-state index contributed by atoms with van der Waals surface area (Å²) in [6.45, 7) is 2.94. The largest absolute Gasteiger partial charge is 0.345 e. The van der Waals surface area contributed by atoms with Gasteiger partial charge in [0.25, 0.3) is 5.91 Å². The lowest BCUT2D eigenvalue weighted by atomic mass is 10.1. The quantitative estimate of drug-likeness (QED) is 0.646. The van der Waals surface area contributed by atoms with E-state index in [0.29, 0.717) is 18.8 Å². The number of hydrogen-bond acceptors (Lipinski definition) is 5. The Bertz CT molecular complexity index is 1130. The van der Waals surface area contributed by atoms with E-state index in [-0.39, 0.29) is 16.8 Å². The molecule has 1 fully saturated rings. The van der Waals surface area contributed by atoms with Gasteiger partial charge in [-0.25, -0.2) is 18.1 Å². The minimum absolute atomic E-state index is 0.155. The fourth-order valence-electron chi connectivity index (χ4n) is 3.59. The highest BCUT2D eigenvalue weighted by atomic mass is 32.2. The summed E-state index contributed by atoms with van der Waals surface area (Å²) in [4.78, 5) is 16.9. The van der Waals surface area contributed by atoms with Gasteiger partial charge in [-0.3, -0.25) is 4.79 Å². The summed E-state index contributed by atoms with van der Waals surface area (Å²) in [7, 11) is -1.89. The van der Waals surface area contributed by atoms with E-state index in [0.717, 1.165) is 24.1 Å². The lowest BCUT2D eigenvalue weighted by Crippen LogP contribution is -2.28. The van der Waals surface area contributed by atoms with Crippen LogP contribution < -0.4 is 5.32 Å². The highest BCUT2D eigenvalue weighted by molar-refractivity contribution is 7.89. The summed E-state index contributed by atoms with van der Waals surface area (Å²) >= 11 is 0. The van der Waals surface area contributed by atoms with Crippen molar-refractivity contribution in [3.8, 4) is 5.69 Å². The number of nitrogens with one attached hydrogen (secondary N) is 1. The third-order valence-electron chi connectivity index (χ3n) is 5.34. The average molecular weight is 429 g/mol. The van der Waals surface area contributed by atoms with E-state index >= 15 is 0 Å². The number of aromatic nitrogens is 4. The van der Waals surface area contributed by atoms with Crippen LogP contribution in [-0.4, -0.2) is 51.1 Å². The summed E-state index contributed by atoms with van der Waals surface area (Å²) in [5, 5.41) is 7.03. The third-order valence-corrected chi connectivity index (χ3v) is 7.20. The standard InChI is InChI=1S/C20H24N6O3S/c1-15(16-5-7-17(8-6-16)26-14-21-13-22-26)23-20(27)19-11-18(12-24(19)2)30(28,29)25-9-3-4-10-25/h5-8,11-15H,3-4,9-10H2,1-2H3,(H,23,27). The summed E-state index contributed by atoms with van der Waals surface area (Å²) in [6, 6.07) is 8.82. The Morgan fingerprint density at radius 2 is 1.87 bits per heavy atom. The molecule has 30 heavy (non-hydrogen) atoms. The van der Waals surface area contributed by atoms with Crippen molar-refractivity contribution in [2.45, 2.75) is 30.7 Å². The van der Waals surface area contributed by atoms with Gasteiger partial charge in [0.15, 0.2) is 0 Å². The molecule has 1 aliphatic rings. The van der Waals surface area contributed by atoms with Crippen LogP contribution in [-0.2, 0) is 17.1 Å². The first-order chi connectivity index (χ1) is 14.4. The second-order valence-corrected chi connectivity index (χ2v) is 9.35. The number of aryl methyl sites for hydroxylation is 1. The van der Waals surface area contributed by atoms with Gasteiger partial charge in [-0.05, 0) is 43.5 Å². The minimum Gasteiger partial charge on any atom is -0.345 e. The highest BCUT2D eigenvalue weighted by Crippen LogP contribution is 2.23. The van der Waals surface area contributed by atoms with E-state index < -0.39 is 10.0 Å². The number of sulfonamides is 1. The second-order valence-electron chi connectivity index (χ2n) is 7.41. The van der Waals surface area contributed by atoms with E-state index in [4.69, 9.17) is 0 Å². The number of hydrogen-bond donors (Lipinski definition) is 1. The smallest absolute Gasteiger partial charge is 0.268 e. The molecule has 2 aromatic heterocycles. The maximum Gasteiger partial charge on any atom is 0.268 e. The Hall–Kier alpha value is -2.98. The summed E-state index contributed by atoms with van der Waals surface area (Å²) in [5.74, 6) is -0.326. The van der Waals surface area contributed by atoms with Crippen molar-refractivity contribution in [2.24, 2.45) is 7.05 Å². The molecule has 0 radical (unpaired) electrons. The summed E-state index contributed by atoms with van der Waals surface area (Å²) < 4.78 is 30.2. The molecule has 1 unspecified atom stereocenters. The summed E-state index contributed by atoms with van der Waals surface area (Å²) in [5.41, 5.74) is 2.10. The van der Waals surface area contributed by atoms with Crippen LogP contribution in [0.5, 0.6) is 0 Å². The molecular formula is C20H24N6O3S. The van der Waals surface area contributed by atoms with Gasteiger partial charge in [0, 0.05) is 26.3 Å². The van der Waals surface area contributed by atoms with Gasteiger partial charge in [-0.1, -0.05) is 12.1 Å². The molecule has 1 N–H and O–H groups in total. The first kappa shape index (κ1) is 20.3. The number of amides is 1. The van der Waals surface area contributed by atoms with Gasteiger partial charge in [-0.15, -0.1) is 0 Å². The SMILES string of the molecule is CC(NC(=O)c1cc(S(=O)(=O)N2CCCC2)cn1C)c1ccc(-n2cncn2)cc1. The molecule has 1 aromatic carbocycles. The summed E-state index contributed by atoms with van der Waals surface area (Å²) in [6.07, 6.45) is 6.32. The highest BCUT2D eigenvalue weighted by Gasteiger charge is 2.29. The molecule has 10 heteroatoms. The molecule has 1 saturated heterocycles. The number of rotatable bonds is 6. The van der Waals surface area contributed by atoms with Crippen molar-refractivity contribution < 1.29 is 13.2 Å². The Balaban J connectivity index is 1.48. The Kier molecular flexibility index (Phi) is 5.44. The molecule has 3 heterocycles. The zero-order valence-corrected chi connectivity index (χ0v) is 17.7. The monoisotopic (exact) mass is 428 g/mol. The van der Waals surface area contributed by atoms with Crippen LogP contribution in [0, 0.1) is 0 Å². The van der Waals surface area contributed by atoms with Gasteiger partial charge in [0.1, 0.15) is 23.2 Å². The van der Waals surface area contributed by atoms with Gasteiger partial charge in [0.05, 0.1) is 11.7 Å². The van der Waals surface area contributed by atoms with Crippen LogP contribution in [0.15, 0.2) is 54.1 Å². The average Bonchev–Trinajstić information content (AvgIpc) is 3.49. The lowest BCUT2D eigenvalue weighted by Gasteiger charge is -2.15. The molecular weight excluding hydrogens is 404 g/mol. The van der Waals surface area contributed by atoms with Crippen LogP contribution in [0.4, 0.5) is 0 Å². The first-order valence-corrected chi connectivity index (χ1v) is 11.2. The van der Waals surface area contributed by atoms with Crippen LogP contribution in [0.1, 0.15) is 41.9 Å². The molecule has 0 spiro atoms. The van der Waals surface area contributed by atoms with E-state index in [2.05, 4.69) is 15.4 Å². The number of carbonyl (C=O) groups is 1. The Morgan fingerprint density at radius 1 is 1.17 bits per heavy atom. The zero-order valence-electron chi connectivity index (χ0n) is 16.9. The van der Waals surface area contributed by atoms with Crippen LogP contribution >= 0.6 is 0 Å². The van der Waals surface area contributed by atoms with Crippen LogP contribution in [0.25, 0.3) is 5.69 Å². The number of carbonyl (C=O) groups excluding carboxylic acids is 1. The molecule has 3 aromatic rings.